The minimum absolute atomic E-state index is 0.0130. The zero-order valence-electron chi connectivity index (χ0n) is 18.1. The fourth-order valence-corrected chi connectivity index (χ4v) is 5.08. The molecule has 0 unspecified atom stereocenters. The maximum Gasteiger partial charge on any atom is 0.351 e. The van der Waals surface area contributed by atoms with Crippen molar-refractivity contribution in [2.24, 2.45) is 0 Å². The number of methoxy groups -OCH3 is 1. The Morgan fingerprint density at radius 3 is 2.79 bits per heavy atom. The Labute approximate surface area is 187 Å². The Bertz CT molecular complexity index is 1130. The lowest BCUT2D eigenvalue weighted by Gasteiger charge is -2.40. The fraction of sp³-hybridized carbons (Fsp3) is 0.632. The summed E-state index contributed by atoms with van der Waals surface area (Å²) in [5, 5.41) is 21.9. The van der Waals surface area contributed by atoms with E-state index in [1.165, 1.54) is 29.2 Å². The summed E-state index contributed by atoms with van der Waals surface area (Å²) >= 11 is 0. The molecule has 5 heterocycles. The van der Waals surface area contributed by atoms with Crippen molar-refractivity contribution >= 4 is 28.9 Å². The average molecular weight is 464 g/mol. The Kier molecular flexibility index (Phi) is 4.84. The van der Waals surface area contributed by atoms with Gasteiger partial charge in [-0.15, -0.1) is 0 Å². The summed E-state index contributed by atoms with van der Waals surface area (Å²) in [5.41, 5.74) is 2.80. The van der Waals surface area contributed by atoms with Crippen LogP contribution in [0.25, 0.3) is 11.2 Å². The van der Waals surface area contributed by atoms with Gasteiger partial charge in [0.1, 0.15) is 36.3 Å². The maximum absolute atomic E-state index is 13.2. The topological polar surface area (TPSA) is 184 Å². The normalized spacial score (nSPS) is 37.9. The highest BCUT2D eigenvalue weighted by atomic mass is 16.7. The number of likely N-dealkylation sites (N-methyl/N-ethyl adjacent to an activating group) is 1. The summed E-state index contributed by atoms with van der Waals surface area (Å²) in [5.74, 6) is -1.44. The molecule has 1 amide bonds. The van der Waals surface area contributed by atoms with E-state index in [0.29, 0.717) is 5.52 Å². The lowest BCUT2D eigenvalue weighted by molar-refractivity contribution is -0.203. The maximum atomic E-state index is 13.2. The lowest BCUT2D eigenvalue weighted by Crippen LogP contribution is -2.62. The van der Waals surface area contributed by atoms with E-state index in [4.69, 9.17) is 24.7 Å². The number of esters is 1. The number of nitrogens with zero attached hydrogens (tertiary/aromatic N) is 5. The van der Waals surface area contributed by atoms with Crippen LogP contribution in [0.5, 0.6) is 0 Å². The molecule has 3 fully saturated rings. The van der Waals surface area contributed by atoms with E-state index in [-0.39, 0.29) is 24.5 Å². The molecule has 7 atom stereocenters. The third-order valence-corrected chi connectivity index (χ3v) is 6.66. The molecule has 3 aliphatic rings. The molecule has 2 bridgehead atoms. The summed E-state index contributed by atoms with van der Waals surface area (Å²) in [7, 11) is 2.58. The first-order valence-electron chi connectivity index (χ1n) is 10.4. The van der Waals surface area contributed by atoms with Crippen molar-refractivity contribution in [1.29, 1.82) is 0 Å². The predicted octanol–water partition coefficient (Wildman–Crippen LogP) is -2.07. The number of carbonyl (C=O) groups is 2. The fourth-order valence-electron chi connectivity index (χ4n) is 5.08. The summed E-state index contributed by atoms with van der Waals surface area (Å²) < 4.78 is 24.1. The number of aliphatic hydroxyl groups is 2. The second kappa shape index (κ2) is 7.30. The van der Waals surface area contributed by atoms with E-state index in [9.17, 15) is 19.8 Å². The molecule has 0 spiro atoms. The van der Waals surface area contributed by atoms with E-state index < -0.39 is 53.8 Å². The van der Waals surface area contributed by atoms with Crippen LogP contribution in [0.15, 0.2) is 12.7 Å². The zero-order chi connectivity index (χ0) is 23.7. The third-order valence-electron chi connectivity index (χ3n) is 6.66. The molecule has 3 aliphatic heterocycles. The summed E-state index contributed by atoms with van der Waals surface area (Å²) in [4.78, 5) is 39.3. The second-order valence-electron chi connectivity index (χ2n) is 8.20. The van der Waals surface area contributed by atoms with Crippen LogP contribution < -0.4 is 5.73 Å². The Hall–Kier alpha value is -2.91. The lowest BCUT2D eigenvalue weighted by atomic mass is 9.85. The molecule has 0 radical (unpaired) electrons. The number of piperidine rings is 1. The number of likely N-dealkylation sites (tertiary alicyclic amines) is 1. The molecule has 2 aromatic heterocycles. The van der Waals surface area contributed by atoms with Crippen molar-refractivity contribution in [2.45, 2.75) is 55.3 Å². The van der Waals surface area contributed by atoms with Crippen molar-refractivity contribution in [2.75, 3.05) is 26.5 Å². The van der Waals surface area contributed by atoms with Crippen molar-refractivity contribution < 1.29 is 38.7 Å². The van der Waals surface area contributed by atoms with Gasteiger partial charge in [0.25, 0.3) is 11.5 Å². The van der Waals surface area contributed by atoms with Gasteiger partial charge >= 0.3 is 5.97 Å². The van der Waals surface area contributed by atoms with Crippen molar-refractivity contribution in [3.05, 3.63) is 12.7 Å². The smallest absolute Gasteiger partial charge is 0.351 e. The number of nitrogen functional groups attached to an aromatic ring is 1. The highest BCUT2D eigenvalue weighted by Crippen LogP contribution is 2.55. The first kappa shape index (κ1) is 21.9. The van der Waals surface area contributed by atoms with Gasteiger partial charge in [0.05, 0.1) is 13.4 Å². The number of aliphatic hydroxyl groups excluding tert-OH is 2. The summed E-state index contributed by atoms with van der Waals surface area (Å²) in [6.45, 7) is 1.93. The number of imidazole rings is 1. The Balaban J connectivity index is 1.54. The molecule has 4 N–H and O–H groups in total. The molecule has 0 aliphatic carbocycles. The van der Waals surface area contributed by atoms with Crippen LogP contribution in [-0.4, -0.2) is 103 Å². The molecule has 3 saturated heterocycles. The third kappa shape index (κ3) is 2.63. The largest absolute Gasteiger partial charge is 0.466 e. The van der Waals surface area contributed by atoms with Gasteiger partial charge in [0, 0.05) is 20.1 Å². The van der Waals surface area contributed by atoms with Gasteiger partial charge in [-0.05, 0) is 6.92 Å². The monoisotopic (exact) mass is 464 g/mol. The molecular formula is C19H24N6O8. The first-order valence-corrected chi connectivity index (χ1v) is 10.4. The van der Waals surface area contributed by atoms with Crippen LogP contribution in [0.4, 0.5) is 5.82 Å². The minimum atomic E-state index is -2.03. The highest BCUT2D eigenvalue weighted by molar-refractivity contribution is 6.09. The number of nitrogens with two attached hydrogens (primary N) is 1. The number of amides is 1. The van der Waals surface area contributed by atoms with Gasteiger partial charge in [-0.1, -0.05) is 0 Å². The standard InChI is InChI=1S/C19H24N6O8/c1-4-31-8-5-18(24(2)16(28)19(8,33-18)17(29)30-3)12-10(26)11(27)15(32-12)25-7-23-9-13(20)21-6-22-14(9)25/h6-8,10-12,15,26-27H,4-5H2,1-3H3,(H2,20,21,22)/t8-,10+,11-,12+,15-,18+,19+/m1/s1. The highest BCUT2D eigenvalue weighted by Gasteiger charge is 2.79. The number of ether oxygens (including phenoxy) is 4. The molecular weight excluding hydrogens is 440 g/mol. The van der Waals surface area contributed by atoms with Crippen molar-refractivity contribution in [3.63, 3.8) is 0 Å². The number of hydrogen-bond acceptors (Lipinski definition) is 12. The quantitative estimate of drug-likeness (QED) is 0.325. The van der Waals surface area contributed by atoms with Gasteiger partial charge in [-0.25, -0.2) is 19.7 Å². The van der Waals surface area contributed by atoms with Crippen LogP contribution >= 0.6 is 0 Å². The van der Waals surface area contributed by atoms with Gasteiger partial charge in [-0.2, -0.15) is 0 Å². The van der Waals surface area contributed by atoms with Crippen LogP contribution in [0.2, 0.25) is 0 Å². The summed E-state index contributed by atoms with van der Waals surface area (Å²) in [6, 6.07) is 0. The van der Waals surface area contributed by atoms with Crippen LogP contribution in [0.1, 0.15) is 19.6 Å². The van der Waals surface area contributed by atoms with E-state index in [1.54, 1.807) is 6.92 Å². The van der Waals surface area contributed by atoms with Gasteiger partial charge in [0.15, 0.2) is 23.4 Å². The zero-order valence-corrected chi connectivity index (χ0v) is 18.1. The number of rotatable bonds is 5. The Morgan fingerprint density at radius 2 is 2.09 bits per heavy atom. The van der Waals surface area contributed by atoms with E-state index in [1.807, 2.05) is 0 Å². The number of hydrogen-bond donors (Lipinski definition) is 3. The van der Waals surface area contributed by atoms with E-state index in [2.05, 4.69) is 15.0 Å². The van der Waals surface area contributed by atoms with Gasteiger partial charge < -0.3 is 39.8 Å². The average Bonchev–Trinajstić information content (AvgIpc) is 3.51. The molecule has 5 rings (SSSR count). The van der Waals surface area contributed by atoms with Crippen LogP contribution in [0, 0.1) is 0 Å². The van der Waals surface area contributed by atoms with Crippen molar-refractivity contribution in [3.8, 4) is 0 Å². The van der Waals surface area contributed by atoms with Crippen LogP contribution in [-0.2, 0) is 28.5 Å². The molecule has 33 heavy (non-hydrogen) atoms. The minimum Gasteiger partial charge on any atom is -0.466 e. The number of aromatic nitrogens is 4. The SMILES string of the molecule is CCO[C@@H]1C[C@@]2([C@H]3O[C@@H](n4cnc5c(N)ncnc54)[C@H](O)[C@@H]3O)O[C@]1(C(=O)OC)C(=O)N2C. The summed E-state index contributed by atoms with van der Waals surface area (Å²) in [6.07, 6.45) is -3.65. The van der Waals surface area contributed by atoms with Crippen LogP contribution in [0.3, 0.4) is 0 Å². The van der Waals surface area contributed by atoms with E-state index >= 15 is 0 Å². The molecule has 0 saturated carbocycles. The molecule has 14 nitrogen and oxygen atoms in total. The predicted molar refractivity (Wildman–Crippen MR) is 107 cm³/mol. The molecule has 0 aromatic carbocycles. The number of carbonyl (C=O) groups excluding carboxylic acids is 2. The first-order chi connectivity index (χ1) is 15.7. The number of anilines is 1. The second-order valence-corrected chi connectivity index (χ2v) is 8.20. The molecule has 178 valence electrons. The molecule has 2 aromatic rings. The Morgan fingerprint density at radius 1 is 1.33 bits per heavy atom. The molecule has 14 heteroatoms. The van der Waals surface area contributed by atoms with Gasteiger partial charge in [-0.3, -0.25) is 9.36 Å². The number of fused-ring (bicyclic) bond motifs is 3. The van der Waals surface area contributed by atoms with E-state index in [0.717, 1.165) is 7.11 Å². The van der Waals surface area contributed by atoms with Crippen molar-refractivity contribution in [1.82, 2.24) is 24.4 Å². The van der Waals surface area contributed by atoms with Gasteiger partial charge in [0.2, 0.25) is 0 Å².